The fraction of sp³-hybridized carbons (Fsp3) is 0.704. The number of amides is 1. The van der Waals surface area contributed by atoms with Crippen LogP contribution in [0.25, 0.3) is 10.4 Å². The lowest BCUT2D eigenvalue weighted by atomic mass is 9.43. The second-order valence-corrected chi connectivity index (χ2v) is 12.4. The van der Waals surface area contributed by atoms with Gasteiger partial charge in [-0.2, -0.15) is 0 Å². The minimum absolute atomic E-state index is 0.0425. The summed E-state index contributed by atoms with van der Waals surface area (Å²) in [5.74, 6) is 0.0336. The topological polar surface area (TPSA) is 132 Å². The van der Waals surface area contributed by atoms with Gasteiger partial charge in [0, 0.05) is 17.9 Å². The molecule has 11 heteroatoms. The van der Waals surface area contributed by atoms with Crippen molar-refractivity contribution in [2.24, 2.45) is 22.4 Å². The zero-order valence-electron chi connectivity index (χ0n) is 23.4. The number of carbonyl (C=O) groups is 2. The summed E-state index contributed by atoms with van der Waals surface area (Å²) >= 11 is 0. The largest absolute Gasteiger partial charge is 0.496 e. The maximum Gasteiger partial charge on any atom is 0.482 e. The van der Waals surface area contributed by atoms with Gasteiger partial charge < -0.3 is 24.1 Å². The van der Waals surface area contributed by atoms with Crippen LogP contribution in [0.2, 0.25) is 0 Å². The number of nitrogens with one attached hydrogen (secondary N) is 1. The van der Waals surface area contributed by atoms with Gasteiger partial charge in [-0.05, 0) is 81.4 Å². The van der Waals surface area contributed by atoms with E-state index in [4.69, 9.17) is 24.3 Å². The average Bonchev–Trinajstić information content (AvgIpc) is 3.19. The lowest BCUT2D eigenvalue weighted by Crippen LogP contribution is -2.65. The number of azide groups is 1. The predicted octanol–water partition coefficient (Wildman–Crippen LogP) is 4.65. The van der Waals surface area contributed by atoms with Crippen LogP contribution in [0.1, 0.15) is 76.7 Å². The van der Waals surface area contributed by atoms with Gasteiger partial charge in [0.1, 0.15) is 16.9 Å². The van der Waals surface area contributed by atoms with Crippen LogP contribution >= 0.6 is 0 Å². The molecule has 5 rings (SSSR count). The number of hydrogen-bond acceptors (Lipinski definition) is 7. The van der Waals surface area contributed by atoms with Crippen molar-refractivity contribution in [1.29, 1.82) is 0 Å². The van der Waals surface area contributed by atoms with Crippen molar-refractivity contribution >= 4 is 19.0 Å². The summed E-state index contributed by atoms with van der Waals surface area (Å²) < 4.78 is 24.4. The second kappa shape index (κ2) is 10.4. The van der Waals surface area contributed by atoms with E-state index in [2.05, 4.69) is 36.1 Å². The fourth-order valence-corrected chi connectivity index (χ4v) is 6.48. The van der Waals surface area contributed by atoms with E-state index in [0.717, 1.165) is 12.8 Å². The molecule has 1 aromatic rings. The van der Waals surface area contributed by atoms with E-state index < -0.39 is 30.2 Å². The van der Waals surface area contributed by atoms with Gasteiger partial charge in [-0.15, -0.1) is 0 Å². The van der Waals surface area contributed by atoms with E-state index in [1.807, 2.05) is 26.8 Å². The Morgan fingerprint density at radius 1 is 1.29 bits per heavy atom. The Labute approximate surface area is 224 Å². The lowest BCUT2D eigenvalue weighted by molar-refractivity contribution is -0.199. The first-order valence-electron chi connectivity index (χ1n) is 13.3. The van der Waals surface area contributed by atoms with E-state index in [9.17, 15) is 9.59 Å². The number of esters is 1. The van der Waals surface area contributed by atoms with E-state index in [1.54, 1.807) is 12.1 Å². The first-order chi connectivity index (χ1) is 17.8. The van der Waals surface area contributed by atoms with E-state index in [-0.39, 0.29) is 30.4 Å². The second-order valence-electron chi connectivity index (χ2n) is 12.4. The molecule has 1 aromatic carbocycles. The number of methoxy groups -OCH3 is 1. The Hall–Kier alpha value is -2.75. The van der Waals surface area contributed by atoms with Gasteiger partial charge in [0.25, 0.3) is 0 Å². The molecule has 38 heavy (non-hydrogen) atoms. The number of nitrogens with zero attached hydrogens (tertiary/aromatic N) is 3. The molecule has 1 aliphatic heterocycles. The van der Waals surface area contributed by atoms with E-state index in [0.29, 0.717) is 35.1 Å². The predicted molar refractivity (Wildman–Crippen MR) is 143 cm³/mol. The third-order valence-electron chi connectivity index (χ3n) is 8.51. The van der Waals surface area contributed by atoms with Crippen molar-refractivity contribution in [1.82, 2.24) is 5.32 Å². The normalized spacial score (nSPS) is 27.9. The Morgan fingerprint density at radius 2 is 2.03 bits per heavy atom. The SMILES string of the molecule is COc1c(CC(NC(=O)CCN=[N+]=[N-])B2O[C@@H]3C[C@@H]4C[C@@H](C4(C)C)[C@]3(C)O2)cccc1C(=O)OC(C)(C)C. The van der Waals surface area contributed by atoms with E-state index >= 15 is 0 Å². The van der Waals surface area contributed by atoms with Gasteiger partial charge in [0.15, 0.2) is 0 Å². The standard InChI is InChI=1S/C27H39BN4O6/c1-25(2,3)36-24(34)18-10-8-9-16(23(18)35-7)13-21(31-22(33)11-12-30-32-29)28-37-20-15-17-14-19(26(17,4)5)27(20,6)38-28/h8-10,17,19-21H,11-15H2,1-7H3,(H,31,33)/t17-,19-,20+,21?,27-/m0/s1. The maximum absolute atomic E-state index is 12.9. The van der Waals surface area contributed by atoms with Gasteiger partial charge in [-0.1, -0.05) is 31.1 Å². The monoisotopic (exact) mass is 526 g/mol. The summed E-state index contributed by atoms with van der Waals surface area (Å²) in [5, 5.41) is 6.51. The third-order valence-corrected chi connectivity index (χ3v) is 8.51. The fourth-order valence-electron chi connectivity index (χ4n) is 6.48. The maximum atomic E-state index is 12.9. The Kier molecular flexibility index (Phi) is 7.76. The smallest absolute Gasteiger partial charge is 0.482 e. The minimum atomic E-state index is -0.682. The van der Waals surface area contributed by atoms with Crippen LogP contribution in [0.4, 0.5) is 0 Å². The number of hydrogen-bond donors (Lipinski definition) is 1. The highest BCUT2D eigenvalue weighted by molar-refractivity contribution is 6.48. The number of benzene rings is 1. The highest BCUT2D eigenvalue weighted by Gasteiger charge is 2.68. The van der Waals surface area contributed by atoms with Gasteiger partial charge in [-0.25, -0.2) is 4.79 Å². The highest BCUT2D eigenvalue weighted by atomic mass is 16.7. The van der Waals surface area contributed by atoms with Crippen LogP contribution in [0, 0.1) is 17.3 Å². The summed E-state index contributed by atoms with van der Waals surface area (Å²) in [7, 11) is 0.826. The van der Waals surface area contributed by atoms with Crippen LogP contribution in [-0.4, -0.2) is 55.9 Å². The lowest BCUT2D eigenvalue weighted by Gasteiger charge is -2.64. The van der Waals surface area contributed by atoms with Crippen LogP contribution < -0.4 is 10.1 Å². The molecule has 3 saturated carbocycles. The van der Waals surface area contributed by atoms with E-state index in [1.165, 1.54) is 7.11 Å². The molecular weight excluding hydrogens is 487 g/mol. The zero-order chi connectivity index (χ0) is 27.9. The van der Waals surface area contributed by atoms with Crippen molar-refractivity contribution in [2.75, 3.05) is 13.7 Å². The molecule has 1 heterocycles. The molecular formula is C27H39BN4O6. The minimum Gasteiger partial charge on any atom is -0.496 e. The summed E-state index contributed by atoms with van der Waals surface area (Å²) in [5.41, 5.74) is 8.68. The molecule has 10 nitrogen and oxygen atoms in total. The molecule has 2 bridgehead atoms. The summed E-state index contributed by atoms with van der Waals surface area (Å²) in [6.07, 6.45) is 2.33. The summed E-state index contributed by atoms with van der Waals surface area (Å²) in [6.45, 7) is 12.2. The first kappa shape index (κ1) is 28.3. The Balaban J connectivity index is 1.60. The molecule has 206 valence electrons. The van der Waals surface area contributed by atoms with Crippen molar-refractivity contribution in [3.63, 3.8) is 0 Å². The van der Waals surface area contributed by atoms with Crippen molar-refractivity contribution in [3.8, 4) is 5.75 Å². The first-order valence-corrected chi connectivity index (χ1v) is 13.3. The van der Waals surface area contributed by atoms with Crippen LogP contribution in [0.5, 0.6) is 5.75 Å². The van der Waals surface area contributed by atoms with Crippen molar-refractivity contribution in [2.45, 2.75) is 90.5 Å². The van der Waals surface area contributed by atoms with Gasteiger partial charge in [-0.3, -0.25) is 4.79 Å². The number of ether oxygens (including phenoxy) is 2. The molecule has 1 saturated heterocycles. The molecule has 1 N–H and O–H groups in total. The molecule has 5 atom stereocenters. The van der Waals surface area contributed by atoms with Gasteiger partial charge in [0.05, 0.1) is 24.8 Å². The quantitative estimate of drug-likeness (QED) is 0.164. The highest BCUT2D eigenvalue weighted by Crippen LogP contribution is 2.65. The number of rotatable bonds is 9. The summed E-state index contributed by atoms with van der Waals surface area (Å²) in [4.78, 5) is 28.5. The molecule has 0 spiro atoms. The Bertz CT molecular complexity index is 1130. The summed E-state index contributed by atoms with van der Waals surface area (Å²) in [6, 6.07) is 5.29. The molecule has 1 unspecified atom stereocenters. The average molecular weight is 526 g/mol. The van der Waals surface area contributed by atoms with Crippen molar-refractivity contribution in [3.05, 3.63) is 39.8 Å². The molecule has 0 radical (unpaired) electrons. The zero-order valence-corrected chi connectivity index (χ0v) is 23.4. The number of carbonyl (C=O) groups excluding carboxylic acids is 2. The molecule has 4 aliphatic rings. The third kappa shape index (κ3) is 5.37. The van der Waals surface area contributed by atoms with Crippen LogP contribution in [-0.2, 0) is 25.3 Å². The van der Waals surface area contributed by atoms with Gasteiger partial charge in [0.2, 0.25) is 5.91 Å². The van der Waals surface area contributed by atoms with Gasteiger partial charge >= 0.3 is 13.1 Å². The van der Waals surface area contributed by atoms with Crippen LogP contribution in [0.15, 0.2) is 23.3 Å². The Morgan fingerprint density at radius 3 is 2.66 bits per heavy atom. The number of para-hydroxylation sites is 1. The molecule has 0 aromatic heterocycles. The van der Waals surface area contributed by atoms with Crippen LogP contribution in [0.3, 0.4) is 0 Å². The molecule has 3 aliphatic carbocycles. The van der Waals surface area contributed by atoms with Crippen molar-refractivity contribution < 1.29 is 28.4 Å². The molecule has 1 amide bonds. The molecule has 4 fully saturated rings.